The number of hydrogen-bond donors (Lipinski definition) is 2. The number of fused-ring (bicyclic) bond motifs is 1. The summed E-state index contributed by atoms with van der Waals surface area (Å²) < 4.78 is 6.11. The molecular weight excluding hydrogens is 402 g/mol. The number of anilines is 1. The summed E-state index contributed by atoms with van der Waals surface area (Å²) in [6, 6.07) is 17.1. The van der Waals surface area contributed by atoms with Crippen LogP contribution in [0, 0.1) is 13.8 Å². The smallest absolute Gasteiger partial charge is 0.261 e. The van der Waals surface area contributed by atoms with Crippen LogP contribution in [0.25, 0.3) is 11.0 Å². The first-order valence-corrected chi connectivity index (χ1v) is 10.5. The standard InChI is InChI=1S/C26H25N3O3/c1-4-18-8-10-20(11-9-18)29-26-23(25(31)28-21-7-5-6-16(2)12-21)13-22-19(15-30)14-27-17(3)24(22)32-26/h5-14,30H,4,15H2,1-3H3,(H,28,31). The predicted molar refractivity (Wildman–Crippen MR) is 125 cm³/mol. The third-order valence-corrected chi connectivity index (χ3v) is 5.32. The van der Waals surface area contributed by atoms with E-state index >= 15 is 0 Å². The zero-order valence-electron chi connectivity index (χ0n) is 18.3. The fourth-order valence-electron chi connectivity index (χ4n) is 3.50. The molecule has 0 aliphatic rings. The van der Waals surface area contributed by atoms with Gasteiger partial charge in [-0.25, -0.2) is 4.99 Å². The minimum atomic E-state index is -0.344. The molecule has 2 N–H and O–H groups in total. The highest BCUT2D eigenvalue weighted by Crippen LogP contribution is 2.22. The van der Waals surface area contributed by atoms with Gasteiger partial charge in [0.25, 0.3) is 5.91 Å². The summed E-state index contributed by atoms with van der Waals surface area (Å²) in [7, 11) is 0. The van der Waals surface area contributed by atoms with Crippen LogP contribution >= 0.6 is 0 Å². The van der Waals surface area contributed by atoms with Crippen LogP contribution in [0.2, 0.25) is 0 Å². The summed E-state index contributed by atoms with van der Waals surface area (Å²) in [6.07, 6.45) is 2.52. The monoisotopic (exact) mass is 427 g/mol. The lowest BCUT2D eigenvalue weighted by Gasteiger charge is -2.10. The SMILES string of the molecule is CCc1ccc(N=c2oc3c(C)ncc(CO)c3cc2C(=O)Nc2cccc(C)c2)cc1. The summed E-state index contributed by atoms with van der Waals surface area (Å²) in [6.45, 7) is 5.66. The first-order chi connectivity index (χ1) is 15.5. The Morgan fingerprint density at radius 3 is 2.59 bits per heavy atom. The normalized spacial score (nSPS) is 11.7. The number of carbonyl (C=O) groups is 1. The fraction of sp³-hybridized carbons (Fsp3) is 0.192. The number of carbonyl (C=O) groups excluding carboxylic acids is 1. The summed E-state index contributed by atoms with van der Waals surface area (Å²) in [5.74, 6) is -0.344. The molecule has 0 spiro atoms. The van der Waals surface area contributed by atoms with Gasteiger partial charge in [-0.05, 0) is 61.7 Å². The lowest BCUT2D eigenvalue weighted by atomic mass is 10.1. The van der Waals surface area contributed by atoms with Crippen LogP contribution in [0.1, 0.15) is 39.7 Å². The highest BCUT2D eigenvalue weighted by Gasteiger charge is 2.16. The molecule has 2 heterocycles. The number of aliphatic hydroxyl groups is 1. The van der Waals surface area contributed by atoms with Crippen molar-refractivity contribution in [2.45, 2.75) is 33.8 Å². The van der Waals surface area contributed by atoms with Gasteiger partial charge in [0.2, 0.25) is 5.55 Å². The van der Waals surface area contributed by atoms with Gasteiger partial charge in [-0.2, -0.15) is 0 Å². The van der Waals surface area contributed by atoms with Gasteiger partial charge in [-0.3, -0.25) is 9.78 Å². The quantitative estimate of drug-likeness (QED) is 0.470. The van der Waals surface area contributed by atoms with Crippen LogP contribution in [-0.2, 0) is 13.0 Å². The van der Waals surface area contributed by atoms with Crippen molar-refractivity contribution >= 4 is 28.3 Å². The van der Waals surface area contributed by atoms with Gasteiger partial charge in [0.1, 0.15) is 5.56 Å². The molecule has 0 saturated carbocycles. The molecule has 6 nitrogen and oxygen atoms in total. The third kappa shape index (κ3) is 4.45. The number of nitrogens with zero attached hydrogens (tertiary/aromatic N) is 2. The number of nitrogens with one attached hydrogen (secondary N) is 1. The topological polar surface area (TPSA) is 87.7 Å². The molecule has 0 atom stereocenters. The van der Waals surface area contributed by atoms with E-state index in [1.165, 1.54) is 5.56 Å². The molecule has 162 valence electrons. The van der Waals surface area contributed by atoms with Crippen molar-refractivity contribution in [2.24, 2.45) is 4.99 Å². The molecule has 4 aromatic rings. The summed E-state index contributed by atoms with van der Waals surface area (Å²) >= 11 is 0. The molecule has 0 unspecified atom stereocenters. The van der Waals surface area contributed by atoms with Crippen molar-refractivity contribution in [3.63, 3.8) is 0 Å². The zero-order valence-corrected chi connectivity index (χ0v) is 18.3. The molecule has 0 aliphatic carbocycles. The van der Waals surface area contributed by atoms with Crippen molar-refractivity contribution in [3.8, 4) is 0 Å². The second-order valence-corrected chi connectivity index (χ2v) is 7.69. The number of amides is 1. The van der Waals surface area contributed by atoms with Crippen molar-refractivity contribution in [1.29, 1.82) is 0 Å². The third-order valence-electron chi connectivity index (χ3n) is 5.32. The van der Waals surface area contributed by atoms with Gasteiger partial charge < -0.3 is 14.8 Å². The minimum absolute atomic E-state index is 0.187. The van der Waals surface area contributed by atoms with E-state index in [9.17, 15) is 9.90 Å². The number of aliphatic hydroxyl groups excluding tert-OH is 1. The number of benzene rings is 2. The lowest BCUT2D eigenvalue weighted by molar-refractivity contribution is 0.102. The van der Waals surface area contributed by atoms with E-state index in [2.05, 4.69) is 22.2 Å². The molecule has 0 radical (unpaired) electrons. The van der Waals surface area contributed by atoms with Gasteiger partial charge in [-0.15, -0.1) is 0 Å². The van der Waals surface area contributed by atoms with E-state index in [4.69, 9.17) is 4.42 Å². The number of aryl methyl sites for hydroxylation is 3. The van der Waals surface area contributed by atoms with Gasteiger partial charge in [0.15, 0.2) is 5.58 Å². The van der Waals surface area contributed by atoms with E-state index < -0.39 is 0 Å². The maximum atomic E-state index is 13.3. The van der Waals surface area contributed by atoms with E-state index in [1.807, 2.05) is 62.4 Å². The van der Waals surface area contributed by atoms with Gasteiger partial charge in [0.05, 0.1) is 18.0 Å². The molecule has 2 aromatic carbocycles. The fourth-order valence-corrected chi connectivity index (χ4v) is 3.50. The van der Waals surface area contributed by atoms with Crippen LogP contribution in [0.4, 0.5) is 11.4 Å². The Kier molecular flexibility index (Phi) is 6.14. The van der Waals surface area contributed by atoms with Gasteiger partial charge in [0, 0.05) is 22.8 Å². The molecule has 32 heavy (non-hydrogen) atoms. The number of hydrogen-bond acceptors (Lipinski definition) is 5. The molecule has 6 heteroatoms. The Balaban J connectivity index is 1.90. The maximum absolute atomic E-state index is 13.3. The molecule has 0 fully saturated rings. The van der Waals surface area contributed by atoms with Gasteiger partial charge >= 0.3 is 0 Å². The van der Waals surface area contributed by atoms with Gasteiger partial charge in [-0.1, -0.05) is 31.2 Å². The minimum Gasteiger partial charge on any atom is -0.436 e. The second-order valence-electron chi connectivity index (χ2n) is 7.69. The highest BCUT2D eigenvalue weighted by molar-refractivity contribution is 6.05. The summed E-state index contributed by atoms with van der Waals surface area (Å²) in [5, 5.41) is 13.3. The largest absolute Gasteiger partial charge is 0.436 e. The second kappa shape index (κ2) is 9.16. The molecule has 4 rings (SSSR count). The maximum Gasteiger partial charge on any atom is 0.261 e. The van der Waals surface area contributed by atoms with E-state index in [1.54, 1.807) is 12.3 Å². The van der Waals surface area contributed by atoms with E-state index in [0.717, 1.165) is 12.0 Å². The first kappa shape index (κ1) is 21.5. The Morgan fingerprint density at radius 1 is 1.12 bits per heavy atom. The summed E-state index contributed by atoms with van der Waals surface area (Å²) in [4.78, 5) is 22.2. The number of pyridine rings is 1. The summed E-state index contributed by atoms with van der Waals surface area (Å²) in [5.41, 5.74) is 5.79. The Bertz CT molecular complexity index is 1360. The van der Waals surface area contributed by atoms with E-state index in [0.29, 0.717) is 33.6 Å². The van der Waals surface area contributed by atoms with Crippen molar-refractivity contribution in [2.75, 3.05) is 5.32 Å². The van der Waals surface area contributed by atoms with Crippen molar-refractivity contribution in [1.82, 2.24) is 4.98 Å². The van der Waals surface area contributed by atoms with Crippen LogP contribution in [-0.4, -0.2) is 16.0 Å². The van der Waals surface area contributed by atoms with Crippen LogP contribution in [0.5, 0.6) is 0 Å². The van der Waals surface area contributed by atoms with Crippen LogP contribution in [0.15, 0.2) is 70.2 Å². The first-order valence-electron chi connectivity index (χ1n) is 10.5. The Hall–Kier alpha value is -3.77. The molecule has 0 bridgehead atoms. The van der Waals surface area contributed by atoms with Crippen LogP contribution in [0.3, 0.4) is 0 Å². The van der Waals surface area contributed by atoms with Crippen molar-refractivity contribution in [3.05, 3.63) is 94.3 Å². The molecule has 1 amide bonds. The molecule has 0 saturated heterocycles. The highest BCUT2D eigenvalue weighted by atomic mass is 16.3. The Morgan fingerprint density at radius 2 is 1.91 bits per heavy atom. The number of rotatable bonds is 5. The van der Waals surface area contributed by atoms with Crippen molar-refractivity contribution < 1.29 is 14.3 Å². The molecule has 0 aliphatic heterocycles. The lowest BCUT2D eigenvalue weighted by Crippen LogP contribution is -2.22. The molecule has 2 aromatic heterocycles. The Labute approximate surface area is 186 Å². The number of aromatic nitrogens is 1. The average molecular weight is 428 g/mol. The zero-order chi connectivity index (χ0) is 22.7. The van der Waals surface area contributed by atoms with Crippen LogP contribution < -0.4 is 10.9 Å². The molecular formula is C26H25N3O3. The van der Waals surface area contributed by atoms with E-state index in [-0.39, 0.29) is 23.6 Å². The average Bonchev–Trinajstić information content (AvgIpc) is 2.80. The predicted octanol–water partition coefficient (Wildman–Crippen LogP) is 4.98.